The molecule has 1 saturated carbocycles. The van der Waals surface area contributed by atoms with Crippen molar-refractivity contribution in [3.05, 3.63) is 29.3 Å². The van der Waals surface area contributed by atoms with E-state index in [-0.39, 0.29) is 18.6 Å². The molecule has 1 aliphatic heterocycles. The Morgan fingerprint density at radius 1 is 1.27 bits per heavy atom. The summed E-state index contributed by atoms with van der Waals surface area (Å²) in [6, 6.07) is 6.86. The van der Waals surface area contributed by atoms with E-state index in [0.717, 1.165) is 42.7 Å². The van der Waals surface area contributed by atoms with Gasteiger partial charge in [-0.15, -0.1) is 0 Å². The van der Waals surface area contributed by atoms with Gasteiger partial charge in [0.2, 0.25) is 0 Å². The summed E-state index contributed by atoms with van der Waals surface area (Å²) in [4.78, 5) is 12.1. The van der Waals surface area contributed by atoms with Crippen LogP contribution in [-0.2, 0) is 4.79 Å². The summed E-state index contributed by atoms with van der Waals surface area (Å²) in [5.41, 5.74) is 8.81. The highest BCUT2D eigenvalue weighted by Crippen LogP contribution is 2.26. The van der Waals surface area contributed by atoms with Gasteiger partial charge in [-0.25, -0.2) is 0 Å². The Morgan fingerprint density at radius 3 is 2.82 bits per heavy atom. The third-order valence-corrected chi connectivity index (χ3v) is 4.56. The predicted molar refractivity (Wildman–Crippen MR) is 85.6 cm³/mol. The monoisotopic (exact) mass is 303 g/mol. The quantitative estimate of drug-likeness (QED) is 0.788. The Bertz CT molecular complexity index is 526. The molecule has 1 saturated heterocycles. The van der Waals surface area contributed by atoms with Gasteiger partial charge < -0.3 is 10.1 Å². The molecule has 3 N–H and O–H groups in total. The average molecular weight is 303 g/mol. The molecule has 5 nitrogen and oxygen atoms in total. The van der Waals surface area contributed by atoms with Crippen molar-refractivity contribution in [2.75, 3.05) is 13.2 Å². The lowest BCUT2D eigenvalue weighted by atomic mass is 9.83. The van der Waals surface area contributed by atoms with E-state index in [1.807, 2.05) is 26.0 Å². The predicted octanol–water partition coefficient (Wildman–Crippen LogP) is 1.44. The lowest BCUT2D eigenvalue weighted by Crippen LogP contribution is -2.45. The van der Waals surface area contributed by atoms with Gasteiger partial charge in [0.1, 0.15) is 5.75 Å². The number of aryl methyl sites for hydroxylation is 2. The van der Waals surface area contributed by atoms with Gasteiger partial charge in [-0.2, -0.15) is 0 Å². The van der Waals surface area contributed by atoms with Crippen LogP contribution in [0.5, 0.6) is 5.75 Å². The van der Waals surface area contributed by atoms with Crippen molar-refractivity contribution in [3.63, 3.8) is 0 Å². The first-order valence-electron chi connectivity index (χ1n) is 8.09. The minimum absolute atomic E-state index is 0.0264. The van der Waals surface area contributed by atoms with Crippen LogP contribution in [0.25, 0.3) is 0 Å². The van der Waals surface area contributed by atoms with Crippen LogP contribution in [0, 0.1) is 19.8 Å². The first-order chi connectivity index (χ1) is 10.6. The average Bonchev–Trinajstić information content (AvgIpc) is 2.92. The zero-order chi connectivity index (χ0) is 15.5. The Morgan fingerprint density at radius 2 is 2.05 bits per heavy atom. The molecule has 2 aliphatic rings. The number of hydrazine groups is 1. The van der Waals surface area contributed by atoms with Crippen LogP contribution in [0.4, 0.5) is 0 Å². The van der Waals surface area contributed by atoms with Crippen molar-refractivity contribution < 1.29 is 9.53 Å². The molecule has 3 unspecified atom stereocenters. The first-order valence-corrected chi connectivity index (χ1v) is 8.09. The van der Waals surface area contributed by atoms with Gasteiger partial charge in [-0.3, -0.25) is 15.6 Å². The second-order valence-corrected chi connectivity index (χ2v) is 6.58. The maximum Gasteiger partial charge on any atom is 0.258 e. The third kappa shape index (κ3) is 3.78. The maximum absolute atomic E-state index is 12.1. The van der Waals surface area contributed by atoms with Gasteiger partial charge >= 0.3 is 0 Å². The molecule has 5 heteroatoms. The molecule has 3 atom stereocenters. The van der Waals surface area contributed by atoms with Crippen LogP contribution in [-0.4, -0.2) is 31.1 Å². The number of rotatable bonds is 4. The fraction of sp³-hybridized carbons (Fsp3) is 0.588. The van der Waals surface area contributed by atoms with E-state index in [0.29, 0.717) is 12.0 Å². The van der Waals surface area contributed by atoms with Crippen molar-refractivity contribution in [2.24, 2.45) is 5.92 Å². The molecule has 1 heterocycles. The molecule has 2 fully saturated rings. The summed E-state index contributed by atoms with van der Waals surface area (Å²) in [6.07, 6.45) is 3.19. The van der Waals surface area contributed by atoms with Gasteiger partial charge in [0, 0.05) is 18.6 Å². The van der Waals surface area contributed by atoms with E-state index >= 15 is 0 Å². The molecule has 1 aromatic carbocycles. The van der Waals surface area contributed by atoms with E-state index in [2.05, 4.69) is 22.2 Å². The molecule has 0 spiro atoms. The number of hydrogen-bond acceptors (Lipinski definition) is 4. The van der Waals surface area contributed by atoms with Crippen LogP contribution in [0.15, 0.2) is 18.2 Å². The summed E-state index contributed by atoms with van der Waals surface area (Å²) in [5, 5.41) is 3.11. The highest BCUT2D eigenvalue weighted by atomic mass is 16.5. The largest absolute Gasteiger partial charge is 0.484 e. The molecule has 1 amide bonds. The Labute approximate surface area is 131 Å². The minimum Gasteiger partial charge on any atom is -0.484 e. The summed E-state index contributed by atoms with van der Waals surface area (Å²) >= 11 is 0. The number of benzene rings is 1. The smallest absolute Gasteiger partial charge is 0.258 e. The molecule has 22 heavy (non-hydrogen) atoms. The molecule has 0 bridgehead atoms. The Hall–Kier alpha value is -1.59. The van der Waals surface area contributed by atoms with Crippen LogP contribution < -0.4 is 20.9 Å². The van der Waals surface area contributed by atoms with Crippen molar-refractivity contribution in [3.8, 4) is 5.75 Å². The highest BCUT2D eigenvalue weighted by molar-refractivity contribution is 5.77. The van der Waals surface area contributed by atoms with Crippen molar-refractivity contribution >= 4 is 5.91 Å². The molecular weight excluding hydrogens is 278 g/mol. The fourth-order valence-corrected chi connectivity index (χ4v) is 3.57. The lowest BCUT2D eigenvalue weighted by molar-refractivity contribution is -0.124. The van der Waals surface area contributed by atoms with E-state index in [4.69, 9.17) is 4.74 Å². The number of carbonyl (C=O) groups is 1. The van der Waals surface area contributed by atoms with E-state index in [1.165, 1.54) is 0 Å². The normalized spacial score (nSPS) is 27.3. The van der Waals surface area contributed by atoms with E-state index < -0.39 is 0 Å². The number of carbonyl (C=O) groups excluding carboxylic acids is 1. The molecule has 1 aromatic rings. The second-order valence-electron chi connectivity index (χ2n) is 6.58. The first kappa shape index (κ1) is 15.3. The summed E-state index contributed by atoms with van der Waals surface area (Å²) in [5.74, 6) is 1.36. The molecule has 3 rings (SSSR count). The standard InChI is InChI=1S/C17H25N3O2/c1-11-5-12(2)7-15(6-11)22-10-17(21)19-14-3-4-16-13(8-14)9-18-20-16/h5-7,13-14,16,18,20H,3-4,8-10H2,1-2H3,(H,19,21). The zero-order valence-electron chi connectivity index (χ0n) is 13.3. The van der Waals surface area contributed by atoms with Crippen LogP contribution in [0.1, 0.15) is 30.4 Å². The van der Waals surface area contributed by atoms with Gasteiger partial charge in [0.15, 0.2) is 6.61 Å². The molecule has 0 aromatic heterocycles. The molecule has 0 radical (unpaired) electrons. The number of hydrogen-bond donors (Lipinski definition) is 3. The summed E-state index contributed by atoms with van der Waals surface area (Å²) in [6.45, 7) is 5.14. The van der Waals surface area contributed by atoms with Gasteiger partial charge in [-0.05, 0) is 62.3 Å². The highest BCUT2D eigenvalue weighted by Gasteiger charge is 2.34. The molecule has 120 valence electrons. The van der Waals surface area contributed by atoms with Crippen molar-refractivity contribution in [2.45, 2.75) is 45.2 Å². The Kier molecular flexibility index (Phi) is 4.64. The topological polar surface area (TPSA) is 62.4 Å². The summed E-state index contributed by atoms with van der Waals surface area (Å²) in [7, 11) is 0. The zero-order valence-corrected chi connectivity index (χ0v) is 13.3. The van der Waals surface area contributed by atoms with Gasteiger partial charge in [0.05, 0.1) is 0 Å². The molecule has 1 aliphatic carbocycles. The minimum atomic E-state index is -0.0264. The maximum atomic E-state index is 12.1. The third-order valence-electron chi connectivity index (χ3n) is 4.56. The van der Waals surface area contributed by atoms with Crippen molar-refractivity contribution in [1.82, 2.24) is 16.2 Å². The van der Waals surface area contributed by atoms with E-state index in [1.54, 1.807) is 0 Å². The second kappa shape index (κ2) is 6.67. The SMILES string of the molecule is Cc1cc(C)cc(OCC(=O)NC2CCC3NNCC3C2)c1. The van der Waals surface area contributed by atoms with E-state index in [9.17, 15) is 4.79 Å². The Balaban J connectivity index is 1.46. The van der Waals surface area contributed by atoms with Crippen molar-refractivity contribution in [1.29, 1.82) is 0 Å². The molecular formula is C17H25N3O2. The van der Waals surface area contributed by atoms with Gasteiger partial charge in [-0.1, -0.05) is 6.07 Å². The number of fused-ring (bicyclic) bond motifs is 1. The van der Waals surface area contributed by atoms with Gasteiger partial charge in [0.25, 0.3) is 5.91 Å². The van der Waals surface area contributed by atoms with Crippen LogP contribution >= 0.6 is 0 Å². The number of ether oxygens (including phenoxy) is 1. The van der Waals surface area contributed by atoms with Crippen LogP contribution in [0.3, 0.4) is 0 Å². The number of nitrogens with one attached hydrogen (secondary N) is 3. The fourth-order valence-electron chi connectivity index (χ4n) is 3.57. The lowest BCUT2D eigenvalue weighted by Gasteiger charge is -2.31. The number of amides is 1. The summed E-state index contributed by atoms with van der Waals surface area (Å²) < 4.78 is 5.62. The van der Waals surface area contributed by atoms with Crippen LogP contribution in [0.2, 0.25) is 0 Å².